The molecule has 2 aromatic carbocycles. The summed E-state index contributed by atoms with van der Waals surface area (Å²) >= 11 is 3.42. The summed E-state index contributed by atoms with van der Waals surface area (Å²) in [7, 11) is 0. The van der Waals surface area contributed by atoms with Crippen molar-refractivity contribution in [3.8, 4) is 6.07 Å². The molecule has 1 unspecified atom stereocenters. The molecule has 2 rings (SSSR count). The van der Waals surface area contributed by atoms with E-state index < -0.39 is 5.92 Å². The number of nitrogens with zero attached hydrogens (tertiary/aromatic N) is 1. The number of rotatable bonds is 3. The number of carbonyl (C=O) groups excluding carboxylic acids is 1. The lowest BCUT2D eigenvalue weighted by Crippen LogP contribution is -2.14. The Bertz CT molecular complexity index is 700. The minimum absolute atomic E-state index is 0.152. The Labute approximate surface area is 127 Å². The van der Waals surface area contributed by atoms with Crippen LogP contribution in [0.2, 0.25) is 0 Å². The summed E-state index contributed by atoms with van der Waals surface area (Å²) in [6.45, 7) is 3.80. The van der Waals surface area contributed by atoms with Crippen LogP contribution in [0.1, 0.15) is 33.0 Å². The molecule has 3 heteroatoms. The third-order valence-electron chi connectivity index (χ3n) is 3.42. The van der Waals surface area contributed by atoms with E-state index >= 15 is 0 Å². The summed E-state index contributed by atoms with van der Waals surface area (Å²) in [5.41, 5.74) is 3.19. The summed E-state index contributed by atoms with van der Waals surface area (Å²) < 4.78 is 0.879. The maximum atomic E-state index is 12.7. The number of carbonyl (C=O) groups is 1. The normalized spacial score (nSPS) is 11.7. The maximum absolute atomic E-state index is 12.7. The Hall–Kier alpha value is -1.92. The molecule has 0 spiro atoms. The number of nitriles is 1. The average Bonchev–Trinajstić information content (AvgIpc) is 2.44. The second-order valence-corrected chi connectivity index (χ2v) is 5.55. The lowest BCUT2D eigenvalue weighted by atomic mass is 9.88. The van der Waals surface area contributed by atoms with Gasteiger partial charge in [-0.3, -0.25) is 4.79 Å². The summed E-state index contributed by atoms with van der Waals surface area (Å²) in [5, 5.41) is 9.41. The molecule has 0 aliphatic heterocycles. The van der Waals surface area contributed by atoms with Crippen LogP contribution < -0.4 is 0 Å². The fourth-order valence-corrected chi connectivity index (χ4v) is 2.58. The molecular weight excluding hydrogens is 314 g/mol. The van der Waals surface area contributed by atoms with E-state index in [9.17, 15) is 10.1 Å². The fraction of sp³-hybridized carbons (Fsp3) is 0.176. The Kier molecular flexibility index (Phi) is 4.36. The molecule has 2 aromatic rings. The van der Waals surface area contributed by atoms with E-state index in [4.69, 9.17) is 0 Å². The Morgan fingerprint density at radius 1 is 1.15 bits per heavy atom. The van der Waals surface area contributed by atoms with Crippen LogP contribution >= 0.6 is 15.9 Å². The van der Waals surface area contributed by atoms with Gasteiger partial charge < -0.3 is 0 Å². The van der Waals surface area contributed by atoms with E-state index in [-0.39, 0.29) is 5.78 Å². The molecule has 0 aliphatic rings. The molecule has 0 fully saturated rings. The number of hydrogen-bond acceptors (Lipinski definition) is 2. The molecular formula is C17H14BrNO. The zero-order valence-electron chi connectivity index (χ0n) is 11.4. The van der Waals surface area contributed by atoms with Crippen LogP contribution in [-0.2, 0) is 0 Å². The van der Waals surface area contributed by atoms with Crippen LogP contribution in [0.25, 0.3) is 0 Å². The van der Waals surface area contributed by atoms with Crippen LogP contribution in [-0.4, -0.2) is 5.78 Å². The molecule has 0 bridgehead atoms. The largest absolute Gasteiger partial charge is 0.292 e. The van der Waals surface area contributed by atoms with Gasteiger partial charge in [0.25, 0.3) is 0 Å². The molecule has 0 amide bonds. The molecule has 0 radical (unpaired) electrons. The summed E-state index contributed by atoms with van der Waals surface area (Å²) in [5.74, 6) is -0.912. The molecule has 0 saturated carbocycles. The van der Waals surface area contributed by atoms with E-state index in [1.165, 1.54) is 0 Å². The van der Waals surface area contributed by atoms with Crippen LogP contribution in [0.15, 0.2) is 46.9 Å². The van der Waals surface area contributed by atoms with Crippen molar-refractivity contribution < 1.29 is 4.79 Å². The Balaban J connectivity index is 2.49. The van der Waals surface area contributed by atoms with Gasteiger partial charge in [0.15, 0.2) is 5.78 Å². The van der Waals surface area contributed by atoms with Gasteiger partial charge in [-0.05, 0) is 36.6 Å². The lowest BCUT2D eigenvalue weighted by molar-refractivity contribution is 0.0978. The summed E-state index contributed by atoms with van der Waals surface area (Å²) in [4.78, 5) is 12.7. The first-order valence-corrected chi connectivity index (χ1v) is 7.10. The minimum atomic E-state index is -0.760. The molecule has 100 valence electrons. The predicted molar refractivity (Wildman–Crippen MR) is 82.7 cm³/mol. The number of Topliss-reactive ketones (excluding diaryl/α,β-unsaturated/α-hetero) is 1. The topological polar surface area (TPSA) is 40.9 Å². The third kappa shape index (κ3) is 2.66. The van der Waals surface area contributed by atoms with Gasteiger partial charge in [-0.25, -0.2) is 0 Å². The van der Waals surface area contributed by atoms with Gasteiger partial charge in [0.05, 0.1) is 6.07 Å². The van der Waals surface area contributed by atoms with Crippen molar-refractivity contribution >= 4 is 21.7 Å². The number of hydrogen-bond donors (Lipinski definition) is 0. The number of ketones is 1. The van der Waals surface area contributed by atoms with Crippen LogP contribution in [0, 0.1) is 25.2 Å². The van der Waals surface area contributed by atoms with E-state index in [0.717, 1.165) is 21.2 Å². The van der Waals surface area contributed by atoms with Crippen molar-refractivity contribution in [1.29, 1.82) is 5.26 Å². The molecule has 0 heterocycles. The number of benzene rings is 2. The highest BCUT2D eigenvalue weighted by atomic mass is 79.9. The standard InChI is InChI=1S/C17H14BrNO/c1-11-6-3-4-7-13(11)15(10-19)17(20)14-8-5-9-16(18)12(14)2/h3-9,15H,1-2H3. The molecule has 0 aromatic heterocycles. The van der Waals surface area contributed by atoms with Crippen molar-refractivity contribution in [3.05, 3.63) is 69.2 Å². The second kappa shape index (κ2) is 6.02. The first kappa shape index (κ1) is 14.5. The van der Waals surface area contributed by atoms with Gasteiger partial charge in [0, 0.05) is 10.0 Å². The predicted octanol–water partition coefficient (Wildman–Crippen LogP) is 4.56. The molecule has 2 nitrogen and oxygen atoms in total. The number of aryl methyl sites for hydroxylation is 1. The summed E-state index contributed by atoms with van der Waals surface area (Å²) in [6, 6.07) is 15.1. The highest BCUT2D eigenvalue weighted by Gasteiger charge is 2.24. The van der Waals surface area contributed by atoms with Crippen molar-refractivity contribution in [1.82, 2.24) is 0 Å². The van der Waals surface area contributed by atoms with Gasteiger partial charge in [-0.1, -0.05) is 52.3 Å². The van der Waals surface area contributed by atoms with Crippen molar-refractivity contribution in [2.75, 3.05) is 0 Å². The van der Waals surface area contributed by atoms with E-state index in [0.29, 0.717) is 5.56 Å². The monoisotopic (exact) mass is 327 g/mol. The van der Waals surface area contributed by atoms with E-state index in [1.807, 2.05) is 50.2 Å². The SMILES string of the molecule is Cc1ccccc1C(C#N)C(=O)c1cccc(Br)c1C. The van der Waals surface area contributed by atoms with Gasteiger partial charge in [-0.15, -0.1) is 0 Å². The molecule has 0 aliphatic carbocycles. The molecule has 0 N–H and O–H groups in total. The number of halogens is 1. The average molecular weight is 328 g/mol. The third-order valence-corrected chi connectivity index (χ3v) is 4.28. The van der Waals surface area contributed by atoms with Crippen LogP contribution in [0.4, 0.5) is 0 Å². The molecule has 0 saturated heterocycles. The van der Waals surface area contributed by atoms with Crippen molar-refractivity contribution in [2.24, 2.45) is 0 Å². The zero-order valence-corrected chi connectivity index (χ0v) is 12.9. The lowest BCUT2D eigenvalue weighted by Gasteiger charge is -2.13. The highest BCUT2D eigenvalue weighted by molar-refractivity contribution is 9.10. The zero-order chi connectivity index (χ0) is 14.7. The highest BCUT2D eigenvalue weighted by Crippen LogP contribution is 2.27. The molecule has 1 atom stereocenters. The van der Waals surface area contributed by atoms with E-state index in [1.54, 1.807) is 6.07 Å². The Morgan fingerprint density at radius 2 is 1.85 bits per heavy atom. The van der Waals surface area contributed by atoms with Crippen LogP contribution in [0.5, 0.6) is 0 Å². The quantitative estimate of drug-likeness (QED) is 0.775. The Morgan fingerprint density at radius 3 is 2.50 bits per heavy atom. The van der Waals surface area contributed by atoms with Crippen LogP contribution in [0.3, 0.4) is 0 Å². The summed E-state index contributed by atoms with van der Waals surface area (Å²) in [6.07, 6.45) is 0. The fourth-order valence-electron chi connectivity index (χ4n) is 2.21. The molecule has 20 heavy (non-hydrogen) atoms. The first-order chi connectivity index (χ1) is 9.56. The van der Waals surface area contributed by atoms with Gasteiger partial charge >= 0.3 is 0 Å². The first-order valence-electron chi connectivity index (χ1n) is 6.30. The smallest absolute Gasteiger partial charge is 0.184 e. The van der Waals surface area contributed by atoms with E-state index in [2.05, 4.69) is 22.0 Å². The van der Waals surface area contributed by atoms with Gasteiger partial charge in [0.2, 0.25) is 0 Å². The van der Waals surface area contributed by atoms with Crippen molar-refractivity contribution in [3.63, 3.8) is 0 Å². The minimum Gasteiger partial charge on any atom is -0.292 e. The van der Waals surface area contributed by atoms with Crippen molar-refractivity contribution in [2.45, 2.75) is 19.8 Å². The van der Waals surface area contributed by atoms with Gasteiger partial charge in [-0.2, -0.15) is 5.26 Å². The maximum Gasteiger partial charge on any atom is 0.184 e. The van der Waals surface area contributed by atoms with Gasteiger partial charge in [0.1, 0.15) is 5.92 Å². The second-order valence-electron chi connectivity index (χ2n) is 4.70.